The van der Waals surface area contributed by atoms with Gasteiger partial charge in [0.2, 0.25) is 0 Å². The van der Waals surface area contributed by atoms with Gasteiger partial charge in [0.25, 0.3) is 0 Å². The van der Waals surface area contributed by atoms with E-state index in [1.807, 2.05) is 42.5 Å². The summed E-state index contributed by atoms with van der Waals surface area (Å²) in [4.78, 5) is 0. The second kappa shape index (κ2) is 6.26. The highest BCUT2D eigenvalue weighted by Crippen LogP contribution is 2.20. The maximum absolute atomic E-state index is 9.07. The van der Waals surface area contributed by atoms with E-state index in [0.29, 0.717) is 5.56 Å². The van der Waals surface area contributed by atoms with Gasteiger partial charge < -0.3 is 11.1 Å². The van der Waals surface area contributed by atoms with Crippen LogP contribution >= 0.6 is 15.9 Å². The van der Waals surface area contributed by atoms with Crippen LogP contribution in [0, 0.1) is 11.3 Å². The van der Waals surface area contributed by atoms with Gasteiger partial charge in [-0.1, -0.05) is 28.1 Å². The highest BCUT2D eigenvalue weighted by Gasteiger charge is 2.02. The van der Waals surface area contributed by atoms with Crippen LogP contribution in [-0.2, 0) is 6.42 Å². The molecule has 0 radical (unpaired) electrons. The summed E-state index contributed by atoms with van der Waals surface area (Å²) < 4.78 is 0.910. The lowest BCUT2D eigenvalue weighted by molar-refractivity contribution is 1.02. The predicted molar refractivity (Wildman–Crippen MR) is 81.9 cm³/mol. The summed E-state index contributed by atoms with van der Waals surface area (Å²) in [5.74, 6) is 0. The van der Waals surface area contributed by atoms with Gasteiger partial charge in [0.15, 0.2) is 0 Å². The molecular weight excluding hydrogens is 302 g/mol. The van der Waals surface area contributed by atoms with Gasteiger partial charge in [-0.15, -0.1) is 0 Å². The van der Waals surface area contributed by atoms with Gasteiger partial charge in [-0.25, -0.2) is 0 Å². The second-order valence-corrected chi connectivity index (χ2v) is 5.14. The lowest BCUT2D eigenvalue weighted by atomic mass is 10.1. The number of nitrogen functional groups attached to an aromatic ring is 1. The summed E-state index contributed by atoms with van der Waals surface area (Å²) in [6.07, 6.45) is 0.890. The van der Waals surface area contributed by atoms with Crippen molar-refractivity contribution in [3.05, 3.63) is 58.1 Å². The van der Waals surface area contributed by atoms with Crippen LogP contribution in [0.2, 0.25) is 0 Å². The third-order valence-corrected chi connectivity index (χ3v) is 3.30. The first-order chi connectivity index (χ1) is 9.19. The van der Waals surface area contributed by atoms with Crippen molar-refractivity contribution in [1.82, 2.24) is 0 Å². The molecule has 0 fully saturated rings. The Kier molecular flexibility index (Phi) is 4.43. The summed E-state index contributed by atoms with van der Waals surface area (Å²) in [6, 6.07) is 15.7. The highest BCUT2D eigenvalue weighted by molar-refractivity contribution is 9.10. The molecule has 0 saturated carbocycles. The van der Waals surface area contributed by atoms with E-state index in [1.165, 1.54) is 5.56 Å². The predicted octanol–water partition coefficient (Wildman–Crippen LogP) is 3.56. The topological polar surface area (TPSA) is 61.8 Å². The van der Waals surface area contributed by atoms with Gasteiger partial charge in [0.05, 0.1) is 11.3 Å². The number of nitrogens with one attached hydrogen (secondary N) is 1. The highest BCUT2D eigenvalue weighted by atomic mass is 79.9. The lowest BCUT2D eigenvalue weighted by Crippen LogP contribution is -2.06. The summed E-state index contributed by atoms with van der Waals surface area (Å²) in [7, 11) is 0. The van der Waals surface area contributed by atoms with E-state index in [1.54, 1.807) is 0 Å². The van der Waals surface area contributed by atoms with Crippen LogP contribution in [0.1, 0.15) is 11.1 Å². The number of benzene rings is 2. The van der Waals surface area contributed by atoms with Crippen LogP contribution in [0.4, 0.5) is 11.4 Å². The van der Waals surface area contributed by atoms with Crippen LogP contribution in [-0.4, -0.2) is 6.54 Å². The fourth-order valence-corrected chi connectivity index (χ4v) is 2.15. The van der Waals surface area contributed by atoms with E-state index in [0.717, 1.165) is 28.8 Å². The Morgan fingerprint density at radius 2 is 1.89 bits per heavy atom. The maximum Gasteiger partial charge on any atom is 0.101 e. The second-order valence-electron chi connectivity index (χ2n) is 4.22. The molecule has 0 heterocycles. The maximum atomic E-state index is 9.07. The van der Waals surface area contributed by atoms with Gasteiger partial charge in [-0.3, -0.25) is 0 Å². The Labute approximate surface area is 121 Å². The zero-order valence-electron chi connectivity index (χ0n) is 10.4. The van der Waals surface area contributed by atoms with Crippen molar-refractivity contribution in [3.8, 4) is 6.07 Å². The third-order valence-electron chi connectivity index (χ3n) is 2.81. The van der Waals surface area contributed by atoms with E-state index in [2.05, 4.69) is 27.3 Å². The molecule has 0 aliphatic carbocycles. The zero-order valence-corrected chi connectivity index (χ0v) is 11.9. The lowest BCUT2D eigenvalue weighted by Gasteiger charge is -2.08. The first kappa shape index (κ1) is 13.4. The van der Waals surface area contributed by atoms with E-state index >= 15 is 0 Å². The fraction of sp³-hybridized carbons (Fsp3) is 0.133. The summed E-state index contributed by atoms with van der Waals surface area (Å²) >= 11 is 3.36. The largest absolute Gasteiger partial charge is 0.399 e. The molecule has 0 aromatic heterocycles. The molecule has 2 aromatic rings. The van der Waals surface area contributed by atoms with E-state index in [-0.39, 0.29) is 0 Å². The molecule has 0 amide bonds. The number of hydrogen-bond acceptors (Lipinski definition) is 3. The van der Waals surface area contributed by atoms with Crippen molar-refractivity contribution >= 4 is 27.3 Å². The molecule has 0 spiro atoms. The molecule has 2 rings (SSSR count). The van der Waals surface area contributed by atoms with Crippen molar-refractivity contribution in [2.75, 3.05) is 17.6 Å². The molecule has 0 saturated heterocycles. The first-order valence-electron chi connectivity index (χ1n) is 5.97. The van der Waals surface area contributed by atoms with Crippen molar-refractivity contribution in [2.45, 2.75) is 6.42 Å². The minimum atomic E-state index is 0.645. The monoisotopic (exact) mass is 315 g/mol. The molecule has 0 bridgehead atoms. The zero-order chi connectivity index (χ0) is 13.7. The van der Waals surface area contributed by atoms with E-state index < -0.39 is 0 Å². The van der Waals surface area contributed by atoms with Crippen LogP contribution < -0.4 is 11.1 Å². The Morgan fingerprint density at radius 1 is 1.16 bits per heavy atom. The number of nitriles is 1. The first-order valence-corrected chi connectivity index (χ1v) is 6.76. The standard InChI is InChI=1S/C15H14BrN3/c16-13-3-6-15(12(9-13)10-17)19-8-7-11-1-4-14(18)5-2-11/h1-6,9,19H,7-8,18H2. The molecule has 0 aliphatic rings. The molecule has 4 heteroatoms. The smallest absolute Gasteiger partial charge is 0.101 e. The number of rotatable bonds is 4. The SMILES string of the molecule is N#Cc1cc(Br)ccc1NCCc1ccc(N)cc1. The molecule has 0 aliphatic heterocycles. The number of anilines is 2. The van der Waals surface area contributed by atoms with Crippen molar-refractivity contribution < 1.29 is 0 Å². The van der Waals surface area contributed by atoms with Crippen molar-refractivity contribution in [2.24, 2.45) is 0 Å². The van der Waals surface area contributed by atoms with Crippen LogP contribution in [0.5, 0.6) is 0 Å². The quantitative estimate of drug-likeness (QED) is 0.848. The summed E-state index contributed by atoms with van der Waals surface area (Å²) in [6.45, 7) is 0.778. The Hall–Kier alpha value is -1.99. The average molecular weight is 316 g/mol. The molecule has 0 atom stereocenters. The number of halogens is 1. The molecular formula is C15H14BrN3. The van der Waals surface area contributed by atoms with Crippen LogP contribution in [0.15, 0.2) is 46.9 Å². The number of hydrogen-bond donors (Lipinski definition) is 2. The van der Waals surface area contributed by atoms with Crippen LogP contribution in [0.25, 0.3) is 0 Å². The van der Waals surface area contributed by atoms with Crippen LogP contribution in [0.3, 0.4) is 0 Å². The minimum Gasteiger partial charge on any atom is -0.399 e. The Balaban J connectivity index is 1.96. The number of nitrogens with zero attached hydrogens (tertiary/aromatic N) is 1. The molecule has 19 heavy (non-hydrogen) atoms. The van der Waals surface area contributed by atoms with E-state index in [9.17, 15) is 0 Å². The molecule has 2 aromatic carbocycles. The van der Waals surface area contributed by atoms with Gasteiger partial charge in [-0.2, -0.15) is 5.26 Å². The average Bonchev–Trinajstić information content (AvgIpc) is 2.42. The number of nitrogens with two attached hydrogens (primary N) is 1. The molecule has 0 unspecified atom stereocenters. The normalized spacial score (nSPS) is 9.89. The third kappa shape index (κ3) is 3.73. The van der Waals surface area contributed by atoms with Crippen molar-refractivity contribution in [1.29, 1.82) is 5.26 Å². The Bertz CT molecular complexity index is 600. The summed E-state index contributed by atoms with van der Waals surface area (Å²) in [5, 5.41) is 12.3. The van der Waals surface area contributed by atoms with Crippen molar-refractivity contribution in [3.63, 3.8) is 0 Å². The fourth-order valence-electron chi connectivity index (χ4n) is 1.79. The van der Waals surface area contributed by atoms with E-state index in [4.69, 9.17) is 11.0 Å². The van der Waals surface area contributed by atoms with Gasteiger partial charge >= 0.3 is 0 Å². The minimum absolute atomic E-state index is 0.645. The summed E-state index contributed by atoms with van der Waals surface area (Å²) in [5.41, 5.74) is 9.14. The van der Waals surface area contributed by atoms with Gasteiger partial charge in [-0.05, 0) is 42.3 Å². The molecule has 96 valence electrons. The van der Waals surface area contributed by atoms with Gasteiger partial charge in [0.1, 0.15) is 6.07 Å². The molecule has 3 nitrogen and oxygen atoms in total. The molecule has 3 N–H and O–H groups in total. The Morgan fingerprint density at radius 3 is 2.58 bits per heavy atom. The van der Waals surface area contributed by atoms with Gasteiger partial charge in [0, 0.05) is 16.7 Å².